The zero-order valence-corrected chi connectivity index (χ0v) is 17.6. The first-order chi connectivity index (χ1) is 14.6. The van der Waals surface area contributed by atoms with Crippen LogP contribution in [-0.4, -0.2) is 43.2 Å². The van der Waals surface area contributed by atoms with Gasteiger partial charge in [-0.3, -0.25) is 9.69 Å². The number of nitrogens with zero attached hydrogens (tertiary/aromatic N) is 1. The molecule has 0 radical (unpaired) electrons. The summed E-state index contributed by atoms with van der Waals surface area (Å²) in [4.78, 5) is 15.5. The number of hydrogen-bond donors (Lipinski definition) is 1. The number of carbonyl (C=O) groups excluding carboxylic acids is 1. The summed E-state index contributed by atoms with van der Waals surface area (Å²) in [5, 5.41) is 3.23. The fourth-order valence-electron chi connectivity index (χ4n) is 4.98. The molecule has 6 heteroatoms. The Morgan fingerprint density at radius 2 is 1.77 bits per heavy atom. The van der Waals surface area contributed by atoms with E-state index >= 15 is 0 Å². The molecule has 2 aromatic rings. The zero-order chi connectivity index (χ0) is 21.1. The van der Waals surface area contributed by atoms with Crippen molar-refractivity contribution in [3.63, 3.8) is 0 Å². The minimum absolute atomic E-state index is 0.124. The van der Waals surface area contributed by atoms with Crippen LogP contribution in [0.2, 0.25) is 0 Å². The van der Waals surface area contributed by atoms with E-state index in [1.54, 1.807) is 32.4 Å². The molecular weight excluding hydrogens is 382 g/mol. The molecule has 2 heterocycles. The summed E-state index contributed by atoms with van der Waals surface area (Å²) in [6.45, 7) is 0.833. The molecule has 1 amide bonds. The number of halogens is 1. The second kappa shape index (κ2) is 9.04. The number of ether oxygens (including phenoxy) is 2. The summed E-state index contributed by atoms with van der Waals surface area (Å²) in [7, 11) is 3.12. The highest BCUT2D eigenvalue weighted by atomic mass is 18.2. The van der Waals surface area contributed by atoms with Crippen LogP contribution in [0.5, 0.6) is 11.5 Å². The van der Waals surface area contributed by atoms with Crippen molar-refractivity contribution in [2.45, 2.75) is 56.8 Å². The molecule has 0 aliphatic carbocycles. The predicted molar refractivity (Wildman–Crippen MR) is 113 cm³/mol. The molecule has 0 aromatic heterocycles. The van der Waals surface area contributed by atoms with E-state index in [-0.39, 0.29) is 17.8 Å². The van der Waals surface area contributed by atoms with E-state index in [1.165, 1.54) is 18.6 Å². The summed E-state index contributed by atoms with van der Waals surface area (Å²) >= 11 is 0. The van der Waals surface area contributed by atoms with Crippen molar-refractivity contribution in [2.24, 2.45) is 0 Å². The van der Waals surface area contributed by atoms with Gasteiger partial charge in [0.25, 0.3) is 5.91 Å². The number of piperidine rings is 2. The van der Waals surface area contributed by atoms with Crippen LogP contribution in [0.3, 0.4) is 0 Å². The number of methoxy groups -OCH3 is 2. The molecule has 0 spiro atoms. The maximum absolute atomic E-state index is 13.2. The Morgan fingerprint density at radius 3 is 2.40 bits per heavy atom. The van der Waals surface area contributed by atoms with Crippen LogP contribution < -0.4 is 14.8 Å². The van der Waals surface area contributed by atoms with Gasteiger partial charge in [0.05, 0.1) is 19.8 Å². The molecule has 2 fully saturated rings. The van der Waals surface area contributed by atoms with Gasteiger partial charge in [0.15, 0.2) is 11.5 Å². The van der Waals surface area contributed by atoms with Crippen LogP contribution in [-0.2, 0) is 6.54 Å². The third-order valence-electron chi connectivity index (χ3n) is 6.39. The third kappa shape index (κ3) is 4.29. The highest BCUT2D eigenvalue weighted by Gasteiger charge is 2.38. The highest BCUT2D eigenvalue weighted by Crippen LogP contribution is 2.36. The first-order valence-electron chi connectivity index (χ1n) is 10.6. The standard InChI is InChI=1S/C24H29FN2O3/c1-29-22-8-4-7-21(23(22)30-2)24(28)26-18-13-19-5-3-6-20(14-18)27(19)15-16-9-11-17(25)12-10-16/h4,7-12,18-20H,3,5-6,13-15H2,1-2H3,(H,26,28)/t18?,19-,20+/i25-1. The lowest BCUT2D eigenvalue weighted by molar-refractivity contribution is 0.0176. The number of carbonyl (C=O) groups is 1. The minimum Gasteiger partial charge on any atom is -0.493 e. The van der Waals surface area contributed by atoms with E-state index in [0.29, 0.717) is 29.1 Å². The molecule has 2 aliphatic rings. The molecule has 2 aromatic carbocycles. The Balaban J connectivity index is 1.44. The lowest BCUT2D eigenvalue weighted by atomic mass is 9.81. The second-order valence-corrected chi connectivity index (χ2v) is 8.22. The van der Waals surface area contributed by atoms with Gasteiger partial charge in [0.1, 0.15) is 5.82 Å². The fourth-order valence-corrected chi connectivity index (χ4v) is 4.98. The fraction of sp³-hybridized carbons (Fsp3) is 0.458. The van der Waals surface area contributed by atoms with Gasteiger partial charge in [-0.25, -0.2) is 4.39 Å². The summed E-state index contributed by atoms with van der Waals surface area (Å²) < 4.78 is 24.0. The molecule has 2 saturated heterocycles. The lowest BCUT2D eigenvalue weighted by Crippen LogP contribution is -2.56. The van der Waals surface area contributed by atoms with Gasteiger partial charge in [-0.05, 0) is 55.5 Å². The molecule has 160 valence electrons. The summed E-state index contributed by atoms with van der Waals surface area (Å²) in [5.74, 6) is 0.691. The molecule has 4 rings (SSSR count). The molecular formula is C24H29FN2O3. The van der Waals surface area contributed by atoms with Gasteiger partial charge in [-0.2, -0.15) is 0 Å². The first-order valence-corrected chi connectivity index (χ1v) is 10.6. The average Bonchev–Trinajstić information content (AvgIpc) is 2.75. The van der Waals surface area contributed by atoms with Crippen LogP contribution in [0.25, 0.3) is 0 Å². The van der Waals surface area contributed by atoms with Crippen molar-refractivity contribution in [1.82, 2.24) is 10.2 Å². The van der Waals surface area contributed by atoms with Crippen LogP contribution in [0.15, 0.2) is 42.5 Å². The summed E-state index contributed by atoms with van der Waals surface area (Å²) in [6, 6.07) is 13.1. The van der Waals surface area contributed by atoms with Crippen molar-refractivity contribution in [3.8, 4) is 11.5 Å². The van der Waals surface area contributed by atoms with Crippen molar-refractivity contribution in [3.05, 3.63) is 59.4 Å². The number of para-hydroxylation sites is 1. The molecule has 3 atom stereocenters. The number of fused-ring (bicyclic) bond motifs is 2. The number of benzene rings is 2. The Labute approximate surface area is 177 Å². The van der Waals surface area contributed by atoms with E-state index in [9.17, 15) is 9.18 Å². The van der Waals surface area contributed by atoms with Crippen molar-refractivity contribution in [1.29, 1.82) is 0 Å². The van der Waals surface area contributed by atoms with Gasteiger partial charge in [-0.1, -0.05) is 24.6 Å². The Hall–Kier alpha value is -2.60. The van der Waals surface area contributed by atoms with E-state index in [0.717, 1.165) is 37.8 Å². The summed E-state index contributed by atoms with van der Waals surface area (Å²) in [5.41, 5.74) is 1.63. The number of rotatable bonds is 6. The maximum atomic E-state index is 13.2. The molecule has 1 unspecified atom stereocenters. The normalized spacial score (nSPS) is 23.6. The average molecular weight is 412 g/mol. The number of amides is 1. The second-order valence-electron chi connectivity index (χ2n) is 8.22. The van der Waals surface area contributed by atoms with Gasteiger partial charge >= 0.3 is 0 Å². The zero-order valence-electron chi connectivity index (χ0n) is 17.6. The largest absolute Gasteiger partial charge is 0.493 e. The van der Waals surface area contributed by atoms with E-state index in [4.69, 9.17) is 9.47 Å². The molecule has 5 nitrogen and oxygen atoms in total. The summed E-state index contributed by atoms with van der Waals surface area (Å²) in [6.07, 6.45) is 5.34. The Kier molecular flexibility index (Phi) is 6.23. The van der Waals surface area contributed by atoms with Gasteiger partial charge in [0, 0.05) is 24.7 Å². The molecule has 1 N–H and O–H groups in total. The number of nitrogens with one attached hydrogen (secondary N) is 1. The van der Waals surface area contributed by atoms with Crippen LogP contribution in [0.1, 0.15) is 48.0 Å². The van der Waals surface area contributed by atoms with E-state index in [2.05, 4.69) is 10.2 Å². The monoisotopic (exact) mass is 411 g/mol. The minimum atomic E-state index is -0.201. The van der Waals surface area contributed by atoms with Crippen LogP contribution in [0, 0.1) is 5.82 Å². The smallest absolute Gasteiger partial charge is 0.255 e. The molecule has 0 saturated carbocycles. The van der Waals surface area contributed by atoms with Gasteiger partial charge in [0.2, 0.25) is 0 Å². The molecule has 2 aliphatic heterocycles. The van der Waals surface area contributed by atoms with E-state index in [1.807, 2.05) is 12.1 Å². The van der Waals surface area contributed by atoms with Crippen molar-refractivity contribution in [2.75, 3.05) is 14.2 Å². The Bertz CT molecular complexity index is 873. The van der Waals surface area contributed by atoms with Crippen LogP contribution in [0.4, 0.5) is 4.39 Å². The topological polar surface area (TPSA) is 50.8 Å². The highest BCUT2D eigenvalue weighted by molar-refractivity contribution is 5.98. The molecule has 2 bridgehead atoms. The lowest BCUT2D eigenvalue weighted by Gasteiger charge is -2.49. The maximum Gasteiger partial charge on any atom is 0.255 e. The van der Waals surface area contributed by atoms with Gasteiger partial charge in [-0.15, -0.1) is 0 Å². The van der Waals surface area contributed by atoms with Gasteiger partial charge < -0.3 is 14.8 Å². The molecule has 30 heavy (non-hydrogen) atoms. The van der Waals surface area contributed by atoms with Crippen molar-refractivity contribution >= 4 is 5.91 Å². The SMILES string of the molecule is COc1cccc(C(=O)NC2C[C@H]3CCC[C@@H](C2)N3Cc2ccc([18F])cc2)c1OC. The third-order valence-corrected chi connectivity index (χ3v) is 6.39. The predicted octanol–water partition coefficient (Wildman–Crippen LogP) is 4.16. The quantitative estimate of drug-likeness (QED) is 0.776. The number of hydrogen-bond acceptors (Lipinski definition) is 4. The van der Waals surface area contributed by atoms with Crippen LogP contribution >= 0.6 is 0 Å². The Morgan fingerprint density at radius 1 is 1.07 bits per heavy atom. The van der Waals surface area contributed by atoms with E-state index < -0.39 is 0 Å². The van der Waals surface area contributed by atoms with Crippen molar-refractivity contribution < 1.29 is 18.7 Å². The first kappa shape index (κ1) is 20.7.